The molecule has 0 aliphatic carbocycles. The second kappa shape index (κ2) is 63.3. The topological polar surface area (TPSA) is 78.9 Å². The van der Waals surface area contributed by atoms with Gasteiger partial charge in [-0.25, -0.2) is 0 Å². The molecule has 1 unspecified atom stereocenters. The van der Waals surface area contributed by atoms with E-state index in [9.17, 15) is 14.4 Å². The van der Waals surface area contributed by atoms with Crippen molar-refractivity contribution in [3.63, 3.8) is 0 Å². The maximum absolute atomic E-state index is 12.9. The van der Waals surface area contributed by atoms with Crippen molar-refractivity contribution in [2.24, 2.45) is 0 Å². The van der Waals surface area contributed by atoms with E-state index in [1.165, 1.54) is 38.5 Å². The summed E-state index contributed by atoms with van der Waals surface area (Å²) < 4.78 is 16.8. The summed E-state index contributed by atoms with van der Waals surface area (Å²) in [6.07, 6.45) is 93.5. The molecule has 77 heavy (non-hydrogen) atoms. The van der Waals surface area contributed by atoms with Crippen LogP contribution in [0.3, 0.4) is 0 Å². The van der Waals surface area contributed by atoms with Gasteiger partial charge in [-0.2, -0.15) is 0 Å². The van der Waals surface area contributed by atoms with Crippen molar-refractivity contribution < 1.29 is 28.6 Å². The van der Waals surface area contributed by atoms with Crippen LogP contribution in [-0.2, 0) is 28.6 Å². The van der Waals surface area contributed by atoms with E-state index in [1.807, 2.05) is 0 Å². The van der Waals surface area contributed by atoms with Gasteiger partial charge in [-0.1, -0.05) is 242 Å². The van der Waals surface area contributed by atoms with Gasteiger partial charge in [0.05, 0.1) is 0 Å². The van der Waals surface area contributed by atoms with Crippen LogP contribution < -0.4 is 0 Å². The van der Waals surface area contributed by atoms with Crippen molar-refractivity contribution >= 4 is 17.9 Å². The van der Waals surface area contributed by atoms with Gasteiger partial charge in [-0.05, 0) is 148 Å². The fourth-order valence-electron chi connectivity index (χ4n) is 7.66. The maximum Gasteiger partial charge on any atom is 0.306 e. The minimum absolute atomic E-state index is 0.123. The van der Waals surface area contributed by atoms with Crippen molar-refractivity contribution in [1.29, 1.82) is 0 Å². The molecule has 0 bridgehead atoms. The van der Waals surface area contributed by atoms with Gasteiger partial charge in [0.1, 0.15) is 13.2 Å². The van der Waals surface area contributed by atoms with Crippen molar-refractivity contribution in [3.8, 4) is 0 Å². The van der Waals surface area contributed by atoms with Gasteiger partial charge in [0, 0.05) is 19.3 Å². The highest BCUT2D eigenvalue weighted by Crippen LogP contribution is 2.13. The van der Waals surface area contributed by atoms with Crippen LogP contribution >= 0.6 is 0 Å². The molecule has 0 saturated carbocycles. The number of hydrogen-bond acceptors (Lipinski definition) is 6. The van der Waals surface area contributed by atoms with Gasteiger partial charge in [0.25, 0.3) is 0 Å². The Balaban J connectivity index is 4.58. The Hall–Kier alpha value is -5.23. The minimum atomic E-state index is -0.830. The predicted molar refractivity (Wildman–Crippen MR) is 334 cm³/mol. The maximum atomic E-state index is 12.9. The van der Waals surface area contributed by atoms with Crippen LogP contribution in [0.1, 0.15) is 239 Å². The Labute approximate surface area is 472 Å². The summed E-state index contributed by atoms with van der Waals surface area (Å²) in [5.41, 5.74) is 0. The van der Waals surface area contributed by atoms with Crippen LogP contribution in [0, 0.1) is 0 Å². The van der Waals surface area contributed by atoms with Crippen LogP contribution in [0.25, 0.3) is 0 Å². The molecule has 0 aliphatic rings. The van der Waals surface area contributed by atoms with Crippen LogP contribution in [0.15, 0.2) is 170 Å². The lowest BCUT2D eigenvalue weighted by atomic mass is 10.1. The largest absolute Gasteiger partial charge is 0.462 e. The average molecular weight is 1060 g/mol. The predicted octanol–water partition coefficient (Wildman–Crippen LogP) is 21.1. The first-order valence-electron chi connectivity index (χ1n) is 30.6. The zero-order valence-corrected chi connectivity index (χ0v) is 49.1. The summed E-state index contributed by atoms with van der Waals surface area (Å²) in [5.74, 6) is -1.03. The molecule has 0 aromatic heterocycles. The smallest absolute Gasteiger partial charge is 0.306 e. The second-order valence-electron chi connectivity index (χ2n) is 19.5. The van der Waals surface area contributed by atoms with Gasteiger partial charge in [0.15, 0.2) is 6.10 Å². The second-order valence-corrected chi connectivity index (χ2v) is 19.5. The lowest BCUT2D eigenvalue weighted by molar-refractivity contribution is -0.167. The van der Waals surface area contributed by atoms with Crippen molar-refractivity contribution in [1.82, 2.24) is 0 Å². The van der Waals surface area contributed by atoms with E-state index in [1.54, 1.807) is 0 Å². The minimum Gasteiger partial charge on any atom is -0.462 e. The Kier molecular flexibility index (Phi) is 59.0. The van der Waals surface area contributed by atoms with E-state index in [2.05, 4.69) is 191 Å². The zero-order chi connectivity index (χ0) is 55.7. The molecule has 0 saturated heterocycles. The quantitative estimate of drug-likeness (QED) is 0.0261. The van der Waals surface area contributed by atoms with Gasteiger partial charge in [0.2, 0.25) is 0 Å². The molecular formula is C71H110O6. The van der Waals surface area contributed by atoms with E-state index in [-0.39, 0.29) is 44.0 Å². The fourth-order valence-corrected chi connectivity index (χ4v) is 7.66. The number of hydrogen-bond donors (Lipinski definition) is 0. The van der Waals surface area contributed by atoms with Crippen LogP contribution in [0.4, 0.5) is 0 Å². The zero-order valence-electron chi connectivity index (χ0n) is 49.1. The number of carbonyl (C=O) groups is 3. The van der Waals surface area contributed by atoms with Crippen molar-refractivity contribution in [2.75, 3.05) is 13.2 Å². The van der Waals surface area contributed by atoms with Crippen LogP contribution in [0.2, 0.25) is 0 Å². The van der Waals surface area contributed by atoms with Crippen LogP contribution in [0.5, 0.6) is 0 Å². The molecule has 0 aromatic carbocycles. The summed E-state index contributed by atoms with van der Waals surface area (Å²) in [6.45, 7) is 6.29. The lowest BCUT2D eigenvalue weighted by Gasteiger charge is -2.18. The Bertz CT molecular complexity index is 1790. The molecular weight excluding hydrogens is 949 g/mol. The highest BCUT2D eigenvalue weighted by atomic mass is 16.6. The number of esters is 3. The number of allylic oxidation sites excluding steroid dienone is 28. The van der Waals surface area contributed by atoms with E-state index in [0.29, 0.717) is 12.8 Å². The fraction of sp³-hybridized carbons (Fsp3) is 0.563. The highest BCUT2D eigenvalue weighted by molar-refractivity contribution is 5.71. The first-order valence-corrected chi connectivity index (χ1v) is 30.6. The number of carbonyl (C=O) groups excluding carboxylic acids is 3. The summed E-state index contributed by atoms with van der Waals surface area (Å²) >= 11 is 0. The number of rotatable bonds is 53. The third kappa shape index (κ3) is 61.5. The third-order valence-electron chi connectivity index (χ3n) is 12.2. The standard InChI is InChI=1S/C71H110O6/c1-4-7-10-13-16-19-22-25-28-31-33-34-35-36-38-40-43-46-49-52-55-58-61-64-70(73)76-67-68(66-75-69(72)63-60-57-54-51-48-45-42-39-30-27-24-21-18-15-12-9-6-3)77-71(74)65-62-59-56-53-50-47-44-41-37-32-29-26-23-20-17-14-11-8-5-2/h7,9-10,12,16-21,25-30,33-34,36-38,41-43,45-46,51,54,68H,4-6,8,11,13-15,22-24,31-32,35,39-40,44,47-50,52-53,55-67H2,1-3H3/b10-7-,12-9-,19-16-,20-17-,21-18-,28-25-,29-26-,30-27-,34-33-,38-36-,41-37-,45-42-,46-43-,54-51-. The molecule has 6 heteroatoms. The van der Waals surface area contributed by atoms with Gasteiger partial charge in [-0.3, -0.25) is 14.4 Å². The van der Waals surface area contributed by atoms with Gasteiger partial charge >= 0.3 is 17.9 Å². The molecule has 0 amide bonds. The van der Waals surface area contributed by atoms with E-state index in [0.717, 1.165) is 154 Å². The first-order chi connectivity index (χ1) is 38.0. The molecule has 0 rings (SSSR count). The molecule has 0 N–H and O–H groups in total. The summed E-state index contributed by atoms with van der Waals surface area (Å²) in [5, 5.41) is 0. The summed E-state index contributed by atoms with van der Waals surface area (Å²) in [4.78, 5) is 38.3. The Morgan fingerprint density at radius 1 is 0.273 bits per heavy atom. The first kappa shape index (κ1) is 71.8. The molecule has 6 nitrogen and oxygen atoms in total. The van der Waals surface area contributed by atoms with E-state index in [4.69, 9.17) is 14.2 Å². The van der Waals surface area contributed by atoms with Crippen molar-refractivity contribution in [3.05, 3.63) is 170 Å². The molecule has 430 valence electrons. The number of unbranched alkanes of at least 4 members (excludes halogenated alkanes) is 14. The normalized spacial score (nSPS) is 13.3. The monoisotopic (exact) mass is 1060 g/mol. The average Bonchev–Trinajstić information content (AvgIpc) is 3.43. The highest BCUT2D eigenvalue weighted by Gasteiger charge is 2.19. The molecule has 0 fully saturated rings. The van der Waals surface area contributed by atoms with Crippen molar-refractivity contribution in [2.45, 2.75) is 245 Å². The van der Waals surface area contributed by atoms with E-state index >= 15 is 0 Å². The Morgan fingerprint density at radius 2 is 0.519 bits per heavy atom. The van der Waals surface area contributed by atoms with Gasteiger partial charge in [-0.15, -0.1) is 0 Å². The summed E-state index contributed by atoms with van der Waals surface area (Å²) in [6, 6.07) is 0. The lowest BCUT2D eigenvalue weighted by Crippen LogP contribution is -2.30. The third-order valence-corrected chi connectivity index (χ3v) is 12.2. The number of ether oxygens (including phenoxy) is 3. The molecule has 0 aromatic rings. The Morgan fingerprint density at radius 3 is 0.844 bits per heavy atom. The summed E-state index contributed by atoms with van der Waals surface area (Å²) in [7, 11) is 0. The molecule has 1 atom stereocenters. The SMILES string of the molecule is CC/C=C\C/C=C\C/C=C\C/C=C\C/C=C\C/C=C\CCCCCCC(=O)OCC(COC(=O)CCC/C=C\C/C=C\C/C=C\C/C=C\C/C=C\CC)OC(=O)CCCCCCCC/C=C\C/C=C\C/C=C\CCCCC. The molecule has 0 radical (unpaired) electrons. The van der Waals surface area contributed by atoms with Gasteiger partial charge < -0.3 is 14.2 Å². The molecule has 0 heterocycles. The molecule has 0 aliphatic heterocycles. The van der Waals surface area contributed by atoms with Crippen LogP contribution in [-0.4, -0.2) is 37.2 Å². The molecule has 0 spiro atoms. The van der Waals surface area contributed by atoms with E-state index < -0.39 is 6.10 Å².